The molecule has 0 atom stereocenters. The summed E-state index contributed by atoms with van der Waals surface area (Å²) < 4.78 is 15.7. The Hall–Kier alpha value is -2.90. The van der Waals surface area contributed by atoms with E-state index in [9.17, 15) is 9.59 Å². The minimum Gasteiger partial charge on any atom is -0.497 e. The SMILES string of the molecule is COc1ccc(CC2(Cc3ccc(OC)cc3)CCN(CCCCCCN3C(=O)COCC3=O)CC2)cc1. The summed E-state index contributed by atoms with van der Waals surface area (Å²) in [4.78, 5) is 27.6. The third-order valence-electron chi connectivity index (χ3n) is 8.05. The van der Waals surface area contributed by atoms with Crippen LogP contribution in [0, 0.1) is 5.41 Å². The highest BCUT2D eigenvalue weighted by molar-refractivity contribution is 5.98. The van der Waals surface area contributed by atoms with Crippen molar-refractivity contribution in [2.75, 3.05) is 53.6 Å². The largest absolute Gasteiger partial charge is 0.497 e. The Bertz CT molecular complexity index is 962. The zero-order valence-corrected chi connectivity index (χ0v) is 23.0. The molecule has 0 aromatic heterocycles. The van der Waals surface area contributed by atoms with E-state index in [0.717, 1.165) is 69.7 Å². The number of morpholine rings is 1. The quantitative estimate of drug-likeness (QED) is 0.285. The number of carbonyl (C=O) groups is 2. The molecule has 2 aromatic rings. The van der Waals surface area contributed by atoms with Crippen molar-refractivity contribution in [2.24, 2.45) is 5.41 Å². The van der Waals surface area contributed by atoms with Crippen molar-refractivity contribution in [3.8, 4) is 11.5 Å². The van der Waals surface area contributed by atoms with Crippen LogP contribution in [0.3, 0.4) is 0 Å². The average Bonchev–Trinajstić information content (AvgIpc) is 2.94. The summed E-state index contributed by atoms with van der Waals surface area (Å²) in [6, 6.07) is 17.1. The van der Waals surface area contributed by atoms with Crippen molar-refractivity contribution >= 4 is 11.8 Å². The highest BCUT2D eigenvalue weighted by Gasteiger charge is 2.35. The monoisotopic (exact) mass is 522 g/mol. The number of hydrogen-bond donors (Lipinski definition) is 0. The van der Waals surface area contributed by atoms with E-state index in [1.807, 2.05) is 0 Å². The lowest BCUT2D eigenvalue weighted by atomic mass is 9.70. The van der Waals surface area contributed by atoms with E-state index >= 15 is 0 Å². The van der Waals surface area contributed by atoms with Crippen LogP contribution in [0.1, 0.15) is 49.7 Å². The number of ether oxygens (including phenoxy) is 3. The van der Waals surface area contributed by atoms with Crippen molar-refractivity contribution in [1.29, 1.82) is 0 Å². The van der Waals surface area contributed by atoms with Gasteiger partial charge < -0.3 is 19.1 Å². The Morgan fingerprint density at radius 1 is 0.711 bits per heavy atom. The molecule has 0 radical (unpaired) electrons. The summed E-state index contributed by atoms with van der Waals surface area (Å²) in [5.41, 5.74) is 2.96. The highest BCUT2D eigenvalue weighted by atomic mass is 16.5. The van der Waals surface area contributed by atoms with Gasteiger partial charge in [-0.2, -0.15) is 0 Å². The molecule has 38 heavy (non-hydrogen) atoms. The van der Waals surface area contributed by atoms with Crippen LogP contribution in [0.2, 0.25) is 0 Å². The van der Waals surface area contributed by atoms with Crippen molar-refractivity contribution < 1.29 is 23.8 Å². The van der Waals surface area contributed by atoms with Gasteiger partial charge in [-0.3, -0.25) is 14.5 Å². The lowest BCUT2D eigenvalue weighted by molar-refractivity contribution is -0.158. The van der Waals surface area contributed by atoms with E-state index in [1.165, 1.54) is 28.9 Å². The molecule has 2 aliphatic rings. The molecular formula is C31H42N2O5. The molecule has 2 saturated heterocycles. The van der Waals surface area contributed by atoms with E-state index in [0.29, 0.717) is 6.54 Å². The van der Waals surface area contributed by atoms with Gasteiger partial charge >= 0.3 is 0 Å². The van der Waals surface area contributed by atoms with Gasteiger partial charge in [0.15, 0.2) is 0 Å². The molecule has 0 bridgehead atoms. The van der Waals surface area contributed by atoms with Gasteiger partial charge in [-0.05, 0) is 99.0 Å². The van der Waals surface area contributed by atoms with Gasteiger partial charge in [-0.1, -0.05) is 37.1 Å². The van der Waals surface area contributed by atoms with Gasteiger partial charge in [0.05, 0.1) is 14.2 Å². The van der Waals surface area contributed by atoms with Crippen LogP contribution < -0.4 is 9.47 Å². The second-order valence-corrected chi connectivity index (χ2v) is 10.7. The number of likely N-dealkylation sites (tertiary alicyclic amines) is 1. The Kier molecular flexibility index (Phi) is 10.2. The van der Waals surface area contributed by atoms with Gasteiger partial charge in [-0.15, -0.1) is 0 Å². The maximum Gasteiger partial charge on any atom is 0.255 e. The fraction of sp³-hybridized carbons (Fsp3) is 0.548. The number of unbranched alkanes of at least 4 members (excludes halogenated alkanes) is 3. The van der Waals surface area contributed by atoms with Crippen LogP contribution in [0.4, 0.5) is 0 Å². The topological polar surface area (TPSA) is 68.3 Å². The van der Waals surface area contributed by atoms with E-state index < -0.39 is 0 Å². The van der Waals surface area contributed by atoms with Crippen LogP contribution in [0.5, 0.6) is 11.5 Å². The first-order chi connectivity index (χ1) is 18.5. The maximum absolute atomic E-state index is 11.8. The molecule has 2 amide bonds. The molecule has 4 rings (SSSR count). The van der Waals surface area contributed by atoms with Crippen LogP contribution in [0.15, 0.2) is 48.5 Å². The van der Waals surface area contributed by atoms with Gasteiger partial charge in [0, 0.05) is 6.54 Å². The molecule has 206 valence electrons. The number of hydrogen-bond acceptors (Lipinski definition) is 6. The van der Waals surface area contributed by atoms with Crippen LogP contribution >= 0.6 is 0 Å². The number of amides is 2. The molecular weight excluding hydrogens is 480 g/mol. The molecule has 0 N–H and O–H groups in total. The first-order valence-corrected chi connectivity index (χ1v) is 13.9. The van der Waals surface area contributed by atoms with Gasteiger partial charge in [0.25, 0.3) is 11.8 Å². The molecule has 2 aromatic carbocycles. The van der Waals surface area contributed by atoms with Crippen molar-refractivity contribution in [3.05, 3.63) is 59.7 Å². The molecule has 7 nitrogen and oxygen atoms in total. The molecule has 2 aliphatic heterocycles. The standard InChI is InChI=1S/C31H42N2O5/c1-36-27-11-7-25(8-12-27)21-31(22-26-9-13-28(37-2)14-10-26)15-19-32(20-16-31)17-5-3-4-6-18-33-29(34)23-38-24-30(33)35/h7-14H,3-6,15-24H2,1-2H3. The number of methoxy groups -OCH3 is 2. The van der Waals surface area contributed by atoms with Crippen LogP contribution in [-0.4, -0.2) is 75.2 Å². The fourth-order valence-electron chi connectivity index (χ4n) is 5.75. The second kappa shape index (κ2) is 13.8. The number of imide groups is 1. The van der Waals surface area contributed by atoms with Gasteiger partial charge in [0.2, 0.25) is 0 Å². The van der Waals surface area contributed by atoms with E-state index in [-0.39, 0.29) is 30.4 Å². The van der Waals surface area contributed by atoms with Crippen molar-refractivity contribution in [2.45, 2.75) is 51.4 Å². The summed E-state index contributed by atoms with van der Waals surface area (Å²) in [7, 11) is 3.42. The maximum atomic E-state index is 11.8. The lowest BCUT2D eigenvalue weighted by Gasteiger charge is -2.42. The zero-order valence-electron chi connectivity index (χ0n) is 23.0. The van der Waals surface area contributed by atoms with E-state index in [4.69, 9.17) is 14.2 Å². The third kappa shape index (κ3) is 7.81. The Morgan fingerprint density at radius 2 is 1.18 bits per heavy atom. The molecule has 0 aliphatic carbocycles. The first kappa shape index (κ1) is 28.1. The summed E-state index contributed by atoms with van der Waals surface area (Å²) in [6.45, 7) is 3.91. The molecule has 2 heterocycles. The van der Waals surface area contributed by atoms with Gasteiger partial charge in [0.1, 0.15) is 24.7 Å². The highest BCUT2D eigenvalue weighted by Crippen LogP contribution is 2.39. The number of piperidine rings is 1. The molecule has 0 unspecified atom stereocenters. The Balaban J connectivity index is 1.26. The number of rotatable bonds is 13. The Morgan fingerprint density at radius 3 is 1.66 bits per heavy atom. The van der Waals surface area contributed by atoms with Crippen molar-refractivity contribution in [3.63, 3.8) is 0 Å². The number of nitrogens with zero attached hydrogens (tertiary/aromatic N) is 2. The predicted octanol–water partition coefficient (Wildman–Crippen LogP) is 4.52. The molecule has 7 heteroatoms. The molecule has 0 saturated carbocycles. The normalized spacial score (nSPS) is 18.0. The first-order valence-electron chi connectivity index (χ1n) is 13.9. The summed E-state index contributed by atoms with van der Waals surface area (Å²) in [5.74, 6) is 1.39. The van der Waals surface area contributed by atoms with Crippen LogP contribution in [0.25, 0.3) is 0 Å². The van der Waals surface area contributed by atoms with E-state index in [1.54, 1.807) is 14.2 Å². The molecule has 0 spiro atoms. The van der Waals surface area contributed by atoms with Crippen LogP contribution in [-0.2, 0) is 27.2 Å². The average molecular weight is 523 g/mol. The minimum atomic E-state index is -0.206. The fourth-order valence-corrected chi connectivity index (χ4v) is 5.75. The smallest absolute Gasteiger partial charge is 0.255 e. The predicted molar refractivity (Wildman–Crippen MR) is 148 cm³/mol. The van der Waals surface area contributed by atoms with Crippen molar-refractivity contribution in [1.82, 2.24) is 9.80 Å². The summed E-state index contributed by atoms with van der Waals surface area (Å²) in [5, 5.41) is 0. The summed E-state index contributed by atoms with van der Waals surface area (Å²) in [6.07, 6.45) is 8.64. The minimum absolute atomic E-state index is 0.0269. The molecule has 2 fully saturated rings. The zero-order chi connectivity index (χ0) is 26.8. The summed E-state index contributed by atoms with van der Waals surface area (Å²) >= 11 is 0. The van der Waals surface area contributed by atoms with E-state index in [2.05, 4.69) is 53.4 Å². The lowest BCUT2D eigenvalue weighted by Crippen LogP contribution is -2.46. The number of benzene rings is 2. The Labute approximate surface area is 227 Å². The third-order valence-corrected chi connectivity index (χ3v) is 8.05. The van der Waals surface area contributed by atoms with Gasteiger partial charge in [-0.25, -0.2) is 0 Å². The second-order valence-electron chi connectivity index (χ2n) is 10.7. The number of carbonyl (C=O) groups excluding carboxylic acids is 2.